The van der Waals surface area contributed by atoms with Crippen LogP contribution in [0.1, 0.15) is 5.89 Å². The Morgan fingerprint density at radius 3 is 3.06 bits per heavy atom. The Morgan fingerprint density at radius 1 is 1.47 bits per heavy atom. The van der Waals surface area contributed by atoms with Gasteiger partial charge in [-0.2, -0.15) is 0 Å². The number of oxazole rings is 1. The lowest BCUT2D eigenvalue weighted by Gasteiger charge is -2.00. The van der Waals surface area contributed by atoms with Crippen LogP contribution in [0.5, 0.6) is 0 Å². The number of nitrogens with one attached hydrogen (secondary N) is 1. The highest BCUT2D eigenvalue weighted by Gasteiger charge is 2.12. The molecule has 0 saturated heterocycles. The van der Waals surface area contributed by atoms with Crippen molar-refractivity contribution in [3.8, 4) is 11.3 Å². The van der Waals surface area contributed by atoms with Crippen molar-refractivity contribution in [3.05, 3.63) is 41.1 Å². The van der Waals surface area contributed by atoms with E-state index in [2.05, 4.69) is 10.3 Å². The minimum absolute atomic E-state index is 0.0591. The van der Waals surface area contributed by atoms with E-state index in [1.54, 1.807) is 18.3 Å². The van der Waals surface area contributed by atoms with Crippen molar-refractivity contribution in [2.24, 2.45) is 0 Å². The summed E-state index contributed by atoms with van der Waals surface area (Å²) < 4.78 is 18.8. The van der Waals surface area contributed by atoms with Crippen LogP contribution in [-0.2, 0) is 6.42 Å². The summed E-state index contributed by atoms with van der Waals surface area (Å²) in [6, 6.07) is 4.60. The van der Waals surface area contributed by atoms with Crippen molar-refractivity contribution in [1.82, 2.24) is 10.3 Å². The molecule has 1 aromatic heterocycles. The zero-order valence-corrected chi connectivity index (χ0v) is 10.1. The lowest BCUT2D eigenvalue weighted by molar-refractivity contribution is 0.500. The van der Waals surface area contributed by atoms with E-state index in [0.717, 1.165) is 6.54 Å². The Hall–Kier alpha value is -1.39. The number of rotatable bonds is 4. The van der Waals surface area contributed by atoms with Gasteiger partial charge in [0.25, 0.3) is 0 Å². The highest BCUT2D eigenvalue weighted by atomic mass is 35.5. The van der Waals surface area contributed by atoms with Crippen LogP contribution in [0.15, 0.2) is 28.8 Å². The number of likely N-dealkylation sites (N-methyl/N-ethyl adjacent to an activating group) is 1. The van der Waals surface area contributed by atoms with Gasteiger partial charge in [0.05, 0.1) is 11.2 Å². The van der Waals surface area contributed by atoms with Gasteiger partial charge < -0.3 is 9.73 Å². The van der Waals surface area contributed by atoms with Gasteiger partial charge in [-0.05, 0) is 19.2 Å². The molecule has 90 valence electrons. The van der Waals surface area contributed by atoms with Crippen LogP contribution in [0.3, 0.4) is 0 Å². The Kier molecular flexibility index (Phi) is 3.76. The number of hydrogen-bond donors (Lipinski definition) is 1. The average molecular weight is 255 g/mol. The summed E-state index contributed by atoms with van der Waals surface area (Å²) in [6.45, 7) is 0.775. The Bertz CT molecular complexity index is 513. The van der Waals surface area contributed by atoms with Crippen LogP contribution < -0.4 is 5.32 Å². The summed E-state index contributed by atoms with van der Waals surface area (Å²) in [6.07, 6.45) is 2.25. The van der Waals surface area contributed by atoms with Crippen molar-refractivity contribution in [3.63, 3.8) is 0 Å². The first-order chi connectivity index (χ1) is 8.22. The van der Waals surface area contributed by atoms with Crippen LogP contribution in [-0.4, -0.2) is 18.6 Å². The number of hydrogen-bond acceptors (Lipinski definition) is 3. The molecule has 0 aliphatic carbocycles. The van der Waals surface area contributed by atoms with Crippen molar-refractivity contribution in [1.29, 1.82) is 0 Å². The Balaban J connectivity index is 2.27. The van der Waals surface area contributed by atoms with Gasteiger partial charge >= 0.3 is 0 Å². The summed E-state index contributed by atoms with van der Waals surface area (Å²) in [4.78, 5) is 4.11. The zero-order chi connectivity index (χ0) is 12.3. The first-order valence-corrected chi connectivity index (χ1v) is 5.64. The second-order valence-corrected chi connectivity index (χ2v) is 3.95. The molecule has 1 aromatic carbocycles. The van der Waals surface area contributed by atoms with Gasteiger partial charge in [0.1, 0.15) is 5.82 Å². The lowest BCUT2D eigenvalue weighted by atomic mass is 10.2. The quantitative estimate of drug-likeness (QED) is 0.912. The molecule has 0 amide bonds. The van der Waals surface area contributed by atoms with E-state index >= 15 is 0 Å². The van der Waals surface area contributed by atoms with Crippen LogP contribution in [0.4, 0.5) is 4.39 Å². The third kappa shape index (κ3) is 2.65. The SMILES string of the molecule is CNCCc1ncc(-c2cccc(F)c2Cl)o1. The molecule has 1 heterocycles. The van der Waals surface area contributed by atoms with Crippen LogP contribution in [0.25, 0.3) is 11.3 Å². The molecule has 0 saturated carbocycles. The van der Waals surface area contributed by atoms with E-state index in [4.69, 9.17) is 16.0 Å². The molecule has 2 aromatic rings. The van der Waals surface area contributed by atoms with Gasteiger partial charge in [-0.25, -0.2) is 9.37 Å². The molecule has 0 radical (unpaired) electrons. The van der Waals surface area contributed by atoms with E-state index in [1.165, 1.54) is 6.07 Å². The number of aromatic nitrogens is 1. The predicted molar refractivity (Wildman–Crippen MR) is 64.5 cm³/mol. The molecule has 0 fully saturated rings. The van der Waals surface area contributed by atoms with Gasteiger partial charge in [0, 0.05) is 18.5 Å². The summed E-state index contributed by atoms with van der Waals surface area (Å²) >= 11 is 5.87. The van der Waals surface area contributed by atoms with Crippen LogP contribution >= 0.6 is 11.6 Å². The first kappa shape index (κ1) is 12.1. The largest absolute Gasteiger partial charge is 0.441 e. The van der Waals surface area contributed by atoms with Gasteiger partial charge in [-0.1, -0.05) is 17.7 Å². The number of halogens is 2. The molecule has 17 heavy (non-hydrogen) atoms. The molecule has 5 heteroatoms. The smallest absolute Gasteiger partial charge is 0.196 e. The molecule has 0 spiro atoms. The van der Waals surface area contributed by atoms with E-state index in [9.17, 15) is 4.39 Å². The fourth-order valence-electron chi connectivity index (χ4n) is 1.48. The maximum absolute atomic E-state index is 13.3. The molecule has 0 bridgehead atoms. The predicted octanol–water partition coefficient (Wildman–Crippen LogP) is 2.90. The van der Waals surface area contributed by atoms with Crippen molar-refractivity contribution in [2.45, 2.75) is 6.42 Å². The van der Waals surface area contributed by atoms with Crippen molar-refractivity contribution >= 4 is 11.6 Å². The summed E-state index contributed by atoms with van der Waals surface area (Å²) in [5.41, 5.74) is 0.523. The lowest BCUT2D eigenvalue weighted by Crippen LogP contribution is -2.10. The fraction of sp³-hybridized carbons (Fsp3) is 0.250. The highest BCUT2D eigenvalue weighted by Crippen LogP contribution is 2.30. The maximum atomic E-state index is 13.3. The third-order valence-electron chi connectivity index (χ3n) is 2.36. The monoisotopic (exact) mass is 254 g/mol. The van der Waals surface area contributed by atoms with Crippen molar-refractivity contribution in [2.75, 3.05) is 13.6 Å². The summed E-state index contributed by atoms with van der Waals surface area (Å²) in [5, 5.41) is 3.06. The third-order valence-corrected chi connectivity index (χ3v) is 2.74. The van der Waals surface area contributed by atoms with E-state index in [-0.39, 0.29) is 5.02 Å². The van der Waals surface area contributed by atoms with Gasteiger partial charge in [-0.3, -0.25) is 0 Å². The van der Waals surface area contributed by atoms with Crippen LogP contribution in [0, 0.1) is 5.82 Å². The number of nitrogens with zero attached hydrogens (tertiary/aromatic N) is 1. The van der Waals surface area contributed by atoms with E-state index in [0.29, 0.717) is 23.6 Å². The minimum Gasteiger partial charge on any atom is -0.441 e. The molecule has 0 aliphatic rings. The standard InChI is InChI=1S/C12H12ClFN2O/c1-15-6-5-11-16-7-10(17-11)8-3-2-4-9(14)12(8)13/h2-4,7,15H,5-6H2,1H3. The summed E-state index contributed by atoms with van der Waals surface area (Å²) in [7, 11) is 1.85. The first-order valence-electron chi connectivity index (χ1n) is 5.26. The molecule has 0 unspecified atom stereocenters. The number of benzene rings is 1. The van der Waals surface area contributed by atoms with E-state index < -0.39 is 5.82 Å². The topological polar surface area (TPSA) is 38.1 Å². The maximum Gasteiger partial charge on any atom is 0.196 e. The second-order valence-electron chi connectivity index (χ2n) is 3.57. The van der Waals surface area contributed by atoms with Crippen molar-refractivity contribution < 1.29 is 8.81 Å². The minimum atomic E-state index is -0.461. The average Bonchev–Trinajstić information content (AvgIpc) is 2.78. The van der Waals surface area contributed by atoms with Gasteiger partial charge in [-0.15, -0.1) is 0 Å². The summed E-state index contributed by atoms with van der Waals surface area (Å²) in [5.74, 6) is 0.632. The fourth-order valence-corrected chi connectivity index (χ4v) is 1.70. The van der Waals surface area contributed by atoms with Gasteiger partial charge in [0.15, 0.2) is 11.7 Å². The molecular weight excluding hydrogens is 243 g/mol. The zero-order valence-electron chi connectivity index (χ0n) is 9.34. The Labute approximate surface area is 104 Å². The molecular formula is C12H12ClFN2O. The molecule has 3 nitrogen and oxygen atoms in total. The van der Waals surface area contributed by atoms with Crippen LogP contribution in [0.2, 0.25) is 5.02 Å². The molecule has 0 aliphatic heterocycles. The highest BCUT2D eigenvalue weighted by molar-refractivity contribution is 6.33. The van der Waals surface area contributed by atoms with E-state index in [1.807, 2.05) is 7.05 Å². The van der Waals surface area contributed by atoms with Gasteiger partial charge in [0.2, 0.25) is 0 Å². The Morgan fingerprint density at radius 2 is 2.29 bits per heavy atom. The molecule has 1 N–H and O–H groups in total. The normalized spacial score (nSPS) is 10.8. The molecule has 0 atom stereocenters. The molecule has 2 rings (SSSR count). The second kappa shape index (κ2) is 5.29.